The summed E-state index contributed by atoms with van der Waals surface area (Å²) in [5, 5.41) is 26.4. The second kappa shape index (κ2) is 3.17. The van der Waals surface area contributed by atoms with E-state index in [1.807, 2.05) is 6.92 Å². The van der Waals surface area contributed by atoms with Gasteiger partial charge in [0.1, 0.15) is 0 Å². The van der Waals surface area contributed by atoms with Crippen LogP contribution in [0, 0.1) is 0 Å². The molecule has 0 unspecified atom stereocenters. The third-order valence-corrected chi connectivity index (χ3v) is 2.07. The molecule has 0 amide bonds. The minimum absolute atomic E-state index is 0.166. The maximum absolute atomic E-state index is 9.47. The van der Waals surface area contributed by atoms with Gasteiger partial charge >= 0.3 is 0 Å². The van der Waals surface area contributed by atoms with Gasteiger partial charge in [-0.15, -0.1) is 5.10 Å². The Morgan fingerprint density at radius 3 is 2.86 bits per heavy atom. The maximum atomic E-state index is 9.47. The number of phenols is 2. The normalized spacial score (nSPS) is 10.9. The van der Waals surface area contributed by atoms with Gasteiger partial charge in [0.25, 0.3) is 0 Å². The highest BCUT2D eigenvalue weighted by Crippen LogP contribution is 2.31. The Morgan fingerprint density at radius 2 is 2.14 bits per heavy atom. The molecule has 1 aromatic heterocycles. The van der Waals surface area contributed by atoms with Crippen molar-refractivity contribution in [2.45, 2.75) is 19.9 Å². The van der Waals surface area contributed by atoms with E-state index in [0.717, 1.165) is 18.5 Å². The largest absolute Gasteiger partial charge is 0.504 e. The highest BCUT2D eigenvalue weighted by molar-refractivity contribution is 5.83. The van der Waals surface area contributed by atoms with Crippen molar-refractivity contribution in [2.24, 2.45) is 0 Å². The highest BCUT2D eigenvalue weighted by Gasteiger charge is 2.10. The topological polar surface area (TPSA) is 71.2 Å². The van der Waals surface area contributed by atoms with Crippen molar-refractivity contribution in [1.82, 2.24) is 15.0 Å². The Kier molecular flexibility index (Phi) is 1.99. The lowest BCUT2D eigenvalue weighted by Crippen LogP contribution is -1.98. The number of aromatic hydroxyl groups is 2. The Balaban J connectivity index is 2.64. The van der Waals surface area contributed by atoms with Gasteiger partial charge in [-0.1, -0.05) is 12.1 Å². The zero-order valence-electron chi connectivity index (χ0n) is 7.80. The van der Waals surface area contributed by atoms with Crippen LogP contribution in [0.25, 0.3) is 11.0 Å². The van der Waals surface area contributed by atoms with E-state index in [9.17, 15) is 10.2 Å². The number of phenolic OH excluding ortho intramolecular Hbond substituents is 2. The van der Waals surface area contributed by atoms with E-state index in [1.54, 1.807) is 10.7 Å². The molecule has 0 aliphatic carbocycles. The van der Waals surface area contributed by atoms with E-state index in [2.05, 4.69) is 10.3 Å². The Hall–Kier alpha value is -1.78. The zero-order valence-corrected chi connectivity index (χ0v) is 7.80. The van der Waals surface area contributed by atoms with Crippen LogP contribution in [0.1, 0.15) is 13.3 Å². The smallest absolute Gasteiger partial charge is 0.187 e. The van der Waals surface area contributed by atoms with Gasteiger partial charge in [0.05, 0.1) is 5.52 Å². The molecule has 0 spiro atoms. The number of aromatic nitrogens is 3. The second-order valence-corrected chi connectivity index (χ2v) is 3.11. The fourth-order valence-electron chi connectivity index (χ4n) is 1.39. The molecule has 5 heteroatoms. The van der Waals surface area contributed by atoms with Gasteiger partial charge in [-0.3, -0.25) is 0 Å². The van der Waals surface area contributed by atoms with Crippen LogP contribution in [-0.2, 0) is 6.54 Å². The summed E-state index contributed by atoms with van der Waals surface area (Å²) >= 11 is 0. The van der Waals surface area contributed by atoms with Crippen LogP contribution < -0.4 is 0 Å². The van der Waals surface area contributed by atoms with E-state index in [1.165, 1.54) is 6.07 Å². The second-order valence-electron chi connectivity index (χ2n) is 3.11. The average molecular weight is 193 g/mol. The first kappa shape index (κ1) is 8.80. The fourth-order valence-corrected chi connectivity index (χ4v) is 1.39. The molecule has 0 aliphatic rings. The lowest BCUT2D eigenvalue weighted by molar-refractivity contribution is 0.407. The molecule has 2 N–H and O–H groups in total. The van der Waals surface area contributed by atoms with E-state index in [0.29, 0.717) is 5.52 Å². The van der Waals surface area contributed by atoms with Crippen molar-refractivity contribution in [1.29, 1.82) is 0 Å². The van der Waals surface area contributed by atoms with Crippen molar-refractivity contribution >= 4 is 11.0 Å². The van der Waals surface area contributed by atoms with Crippen molar-refractivity contribution in [3.63, 3.8) is 0 Å². The molecule has 5 nitrogen and oxygen atoms in total. The van der Waals surface area contributed by atoms with E-state index >= 15 is 0 Å². The first-order chi connectivity index (χ1) is 6.74. The van der Waals surface area contributed by atoms with Crippen molar-refractivity contribution in [3.05, 3.63) is 12.1 Å². The molecular formula is C9H11N3O2. The van der Waals surface area contributed by atoms with Crippen molar-refractivity contribution in [3.8, 4) is 11.5 Å². The number of fused-ring (bicyclic) bond motifs is 1. The van der Waals surface area contributed by atoms with Crippen LogP contribution in [-0.4, -0.2) is 25.2 Å². The van der Waals surface area contributed by atoms with Crippen molar-refractivity contribution in [2.75, 3.05) is 0 Å². The Morgan fingerprint density at radius 1 is 1.36 bits per heavy atom. The molecular weight excluding hydrogens is 182 g/mol. The molecule has 0 aliphatic heterocycles. The third-order valence-electron chi connectivity index (χ3n) is 2.07. The average Bonchev–Trinajstić information content (AvgIpc) is 2.57. The third kappa shape index (κ3) is 1.17. The number of aryl methyl sites for hydroxylation is 1. The van der Waals surface area contributed by atoms with Crippen LogP contribution >= 0.6 is 0 Å². The Bertz CT molecular complexity index is 464. The summed E-state index contributed by atoms with van der Waals surface area (Å²) in [4.78, 5) is 0. The van der Waals surface area contributed by atoms with Gasteiger partial charge in [0.15, 0.2) is 17.0 Å². The number of hydrogen-bond acceptors (Lipinski definition) is 4. The standard InChI is InChI=1S/C9H11N3O2/c1-2-5-12-6-3-4-7(13)9(14)8(6)10-11-12/h3-4,13-14H,2,5H2,1H3. The molecule has 2 aromatic rings. The lowest BCUT2D eigenvalue weighted by atomic mass is 10.2. The molecule has 0 radical (unpaired) electrons. The molecule has 74 valence electrons. The molecule has 2 rings (SSSR count). The monoisotopic (exact) mass is 193 g/mol. The highest BCUT2D eigenvalue weighted by atomic mass is 16.3. The van der Waals surface area contributed by atoms with E-state index in [4.69, 9.17) is 0 Å². The predicted octanol–water partition coefficient (Wildman–Crippen LogP) is 1.25. The van der Waals surface area contributed by atoms with Crippen LogP contribution in [0.3, 0.4) is 0 Å². The van der Waals surface area contributed by atoms with Gasteiger partial charge in [0.2, 0.25) is 0 Å². The van der Waals surface area contributed by atoms with Gasteiger partial charge in [0, 0.05) is 6.54 Å². The SMILES string of the molecule is CCCn1nnc2c(O)c(O)ccc21. The van der Waals surface area contributed by atoms with Crippen LogP contribution in [0.4, 0.5) is 0 Å². The van der Waals surface area contributed by atoms with Crippen molar-refractivity contribution < 1.29 is 10.2 Å². The van der Waals surface area contributed by atoms with Gasteiger partial charge < -0.3 is 10.2 Å². The summed E-state index contributed by atoms with van der Waals surface area (Å²) in [7, 11) is 0. The van der Waals surface area contributed by atoms with Crippen LogP contribution in [0.5, 0.6) is 11.5 Å². The summed E-state index contributed by atoms with van der Waals surface area (Å²) < 4.78 is 1.70. The molecule has 0 saturated heterocycles. The van der Waals surface area contributed by atoms with Gasteiger partial charge in [-0.25, -0.2) is 4.68 Å². The minimum Gasteiger partial charge on any atom is -0.504 e. The minimum atomic E-state index is -0.204. The lowest BCUT2D eigenvalue weighted by Gasteiger charge is -2.00. The first-order valence-corrected chi connectivity index (χ1v) is 4.48. The number of rotatable bonds is 2. The molecule has 0 fully saturated rings. The summed E-state index contributed by atoms with van der Waals surface area (Å²) in [6.45, 7) is 2.79. The Labute approximate surface area is 80.6 Å². The molecule has 0 bridgehead atoms. The van der Waals surface area contributed by atoms with Crippen LogP contribution in [0.2, 0.25) is 0 Å². The maximum Gasteiger partial charge on any atom is 0.187 e. The molecule has 1 heterocycles. The molecule has 0 saturated carbocycles. The summed E-state index contributed by atoms with van der Waals surface area (Å²) in [6.07, 6.45) is 0.945. The van der Waals surface area contributed by atoms with E-state index < -0.39 is 0 Å². The van der Waals surface area contributed by atoms with Gasteiger partial charge in [-0.2, -0.15) is 0 Å². The number of hydrogen-bond donors (Lipinski definition) is 2. The summed E-state index contributed by atoms with van der Waals surface area (Å²) in [5.41, 5.74) is 1.08. The van der Waals surface area contributed by atoms with Gasteiger partial charge in [-0.05, 0) is 18.6 Å². The molecule has 1 aromatic carbocycles. The molecule has 14 heavy (non-hydrogen) atoms. The number of benzene rings is 1. The molecule has 0 atom stereocenters. The zero-order chi connectivity index (χ0) is 10.1. The number of nitrogens with zero attached hydrogens (tertiary/aromatic N) is 3. The first-order valence-electron chi connectivity index (χ1n) is 4.48. The van der Waals surface area contributed by atoms with Crippen LogP contribution in [0.15, 0.2) is 12.1 Å². The van der Waals surface area contributed by atoms with E-state index in [-0.39, 0.29) is 11.5 Å². The quantitative estimate of drug-likeness (QED) is 0.704. The summed E-state index contributed by atoms with van der Waals surface area (Å²) in [6, 6.07) is 3.13. The summed E-state index contributed by atoms with van der Waals surface area (Å²) in [5.74, 6) is -0.370. The predicted molar refractivity (Wildman–Crippen MR) is 51.1 cm³/mol. The fraction of sp³-hybridized carbons (Fsp3) is 0.333.